The molecule has 4 heterocycles. The summed E-state index contributed by atoms with van der Waals surface area (Å²) in [6.07, 6.45) is 2.69. The van der Waals surface area contributed by atoms with Crippen molar-refractivity contribution in [3.63, 3.8) is 0 Å². The predicted octanol–water partition coefficient (Wildman–Crippen LogP) is 1.99. The van der Waals surface area contributed by atoms with E-state index in [4.69, 9.17) is 33.2 Å². The number of hydrogen-bond acceptors (Lipinski definition) is 13. The van der Waals surface area contributed by atoms with E-state index in [2.05, 4.69) is 0 Å². The first-order valence-electron chi connectivity index (χ1n) is 15.8. The summed E-state index contributed by atoms with van der Waals surface area (Å²) in [7, 11) is 1.20. The molecule has 0 aliphatic carbocycles. The second-order valence-electron chi connectivity index (χ2n) is 12.9. The van der Waals surface area contributed by atoms with Gasteiger partial charge in [-0.3, -0.25) is 9.59 Å². The zero-order chi connectivity index (χ0) is 32.8. The molecule has 9 atom stereocenters. The molecule has 4 aliphatic rings. The van der Waals surface area contributed by atoms with E-state index in [0.717, 1.165) is 25.3 Å². The average molecular weight is 641 g/mol. The number of methoxy groups -OCH3 is 1. The summed E-state index contributed by atoms with van der Waals surface area (Å²) < 4.78 is 40.5. The monoisotopic (exact) mass is 640 g/mol. The Labute approximate surface area is 263 Å². The van der Waals surface area contributed by atoms with E-state index in [9.17, 15) is 29.7 Å². The Morgan fingerprint density at radius 2 is 1.76 bits per heavy atom. The first kappa shape index (κ1) is 35.5. The molecular formula is C32H48O13. The van der Waals surface area contributed by atoms with Crippen molar-refractivity contribution in [3.8, 4) is 0 Å². The normalized spacial score (nSPS) is 39.6. The second-order valence-corrected chi connectivity index (χ2v) is 12.9. The molecule has 13 heteroatoms. The Morgan fingerprint density at radius 3 is 2.44 bits per heavy atom. The van der Waals surface area contributed by atoms with E-state index >= 15 is 0 Å². The van der Waals surface area contributed by atoms with Gasteiger partial charge in [0, 0.05) is 31.3 Å². The molecule has 0 aromatic heterocycles. The van der Waals surface area contributed by atoms with Crippen molar-refractivity contribution >= 4 is 17.9 Å². The van der Waals surface area contributed by atoms with Crippen LogP contribution in [0, 0.1) is 5.41 Å². The molecule has 0 amide bonds. The molecule has 6 bridgehead atoms. The van der Waals surface area contributed by atoms with Gasteiger partial charge in [0.15, 0.2) is 12.4 Å². The third-order valence-electron chi connectivity index (χ3n) is 8.86. The Morgan fingerprint density at radius 1 is 1.04 bits per heavy atom. The number of ether oxygens (including phenoxy) is 7. The minimum Gasteiger partial charge on any atom is -0.466 e. The Hall–Kier alpha value is -2.39. The summed E-state index contributed by atoms with van der Waals surface area (Å²) in [5.74, 6) is -4.39. The van der Waals surface area contributed by atoms with Gasteiger partial charge < -0.3 is 48.5 Å². The van der Waals surface area contributed by atoms with Crippen LogP contribution in [0.2, 0.25) is 0 Å². The molecule has 0 saturated carbocycles. The van der Waals surface area contributed by atoms with Crippen LogP contribution >= 0.6 is 0 Å². The quantitative estimate of drug-likeness (QED) is 0.177. The first-order valence-corrected chi connectivity index (χ1v) is 15.8. The van der Waals surface area contributed by atoms with Crippen molar-refractivity contribution in [2.24, 2.45) is 5.41 Å². The maximum Gasteiger partial charge on any atom is 0.330 e. The van der Waals surface area contributed by atoms with Crippen molar-refractivity contribution < 1.29 is 62.9 Å². The van der Waals surface area contributed by atoms with Gasteiger partial charge in [0.2, 0.25) is 5.79 Å². The number of hydrogen-bond donors (Lipinski definition) is 3. The third kappa shape index (κ3) is 9.34. The van der Waals surface area contributed by atoms with Crippen molar-refractivity contribution in [3.05, 3.63) is 23.8 Å². The van der Waals surface area contributed by atoms with Gasteiger partial charge in [-0.25, -0.2) is 4.79 Å². The van der Waals surface area contributed by atoms with Crippen LogP contribution in [0.15, 0.2) is 23.8 Å². The summed E-state index contributed by atoms with van der Waals surface area (Å²) in [6.45, 7) is 4.41. The van der Waals surface area contributed by atoms with E-state index < -0.39 is 66.4 Å². The number of cyclic esters (lactones) is 1. The van der Waals surface area contributed by atoms with E-state index in [1.165, 1.54) is 14.0 Å². The molecule has 0 aromatic carbocycles. The summed E-state index contributed by atoms with van der Waals surface area (Å²) in [5, 5.41) is 33.1. The second kappa shape index (κ2) is 15.5. The van der Waals surface area contributed by atoms with E-state index in [1.807, 2.05) is 0 Å². The van der Waals surface area contributed by atoms with Crippen molar-refractivity contribution in [1.82, 2.24) is 0 Å². The van der Waals surface area contributed by atoms with Gasteiger partial charge in [0.05, 0.1) is 57.3 Å². The summed E-state index contributed by atoms with van der Waals surface area (Å²) in [6, 6.07) is 0. The number of aliphatic hydroxyl groups is 3. The smallest absolute Gasteiger partial charge is 0.330 e. The molecule has 4 rings (SSSR count). The van der Waals surface area contributed by atoms with Gasteiger partial charge in [-0.15, -0.1) is 0 Å². The van der Waals surface area contributed by atoms with Gasteiger partial charge >= 0.3 is 17.9 Å². The van der Waals surface area contributed by atoms with E-state index in [1.54, 1.807) is 26.0 Å². The number of rotatable bonds is 3. The Balaban J connectivity index is 1.70. The molecule has 2 unspecified atom stereocenters. The molecule has 3 N–H and O–H groups in total. The Bertz CT molecular complexity index is 1100. The van der Waals surface area contributed by atoms with E-state index in [-0.39, 0.29) is 49.6 Å². The van der Waals surface area contributed by atoms with Gasteiger partial charge in [0.1, 0.15) is 6.10 Å². The van der Waals surface area contributed by atoms with Crippen molar-refractivity contribution in [2.75, 3.05) is 20.3 Å². The molecule has 13 nitrogen and oxygen atoms in total. The standard InChI is InChI=1S/C32H48O13/c1-19(34)41-30-20(13-27(36)39-4)12-25-17-26(18-33)43-28(37)15-21(35)14-22-6-5-7-23(42-22)16-24-9-11-40-29(44-24)8-10-31(2,3)32(30,38)45-25/h8,10,13,21-26,29-30,33,35,38H,5-7,9,11-12,14-18H2,1-4H3/b10-8+,20-13+/t21-,22+,23-,24+,25?,26?,29+,30+,32-/m1/s1. The molecule has 0 spiro atoms. The van der Waals surface area contributed by atoms with Crippen molar-refractivity contribution in [2.45, 2.75) is 133 Å². The van der Waals surface area contributed by atoms with Crippen molar-refractivity contribution in [1.29, 1.82) is 0 Å². The summed E-state index contributed by atoms with van der Waals surface area (Å²) in [5.41, 5.74) is -1.06. The van der Waals surface area contributed by atoms with Crippen LogP contribution in [0.3, 0.4) is 0 Å². The minimum absolute atomic E-state index is 0.0114. The van der Waals surface area contributed by atoms with Crippen LogP contribution < -0.4 is 0 Å². The van der Waals surface area contributed by atoms with Crippen LogP contribution in [-0.2, 0) is 47.5 Å². The van der Waals surface area contributed by atoms with Gasteiger partial charge in [-0.2, -0.15) is 0 Å². The zero-order valence-corrected chi connectivity index (χ0v) is 26.6. The fourth-order valence-electron chi connectivity index (χ4n) is 6.48. The lowest BCUT2D eigenvalue weighted by molar-refractivity contribution is -0.327. The molecule has 3 saturated heterocycles. The molecule has 45 heavy (non-hydrogen) atoms. The lowest BCUT2D eigenvalue weighted by atomic mass is 9.74. The lowest BCUT2D eigenvalue weighted by Gasteiger charge is -2.50. The maximum absolute atomic E-state index is 12.8. The SMILES string of the molecule is COC(=O)/C=C1\CC2CC(CO)OC(=O)C[C@H](O)C[C@@H]3CCC[C@H](C[C@@H]4CCO[C@H](/C=C/C(C)(C)[C@](O)(O2)[C@H]1OC(C)=O)O4)O3. The van der Waals surface area contributed by atoms with Crippen LogP contribution in [0.1, 0.15) is 78.6 Å². The molecule has 3 fully saturated rings. The van der Waals surface area contributed by atoms with Crippen LogP contribution in [0.5, 0.6) is 0 Å². The fraction of sp³-hybridized carbons (Fsp3) is 0.781. The topological polar surface area (TPSA) is 177 Å². The number of carbonyl (C=O) groups excluding carboxylic acids is 3. The highest BCUT2D eigenvalue weighted by Crippen LogP contribution is 2.46. The third-order valence-corrected chi connectivity index (χ3v) is 8.86. The van der Waals surface area contributed by atoms with Gasteiger partial charge in [-0.1, -0.05) is 19.9 Å². The number of aliphatic hydroxyl groups excluding tert-OH is 2. The largest absolute Gasteiger partial charge is 0.466 e. The number of carbonyl (C=O) groups is 3. The van der Waals surface area contributed by atoms with Gasteiger partial charge in [0.25, 0.3) is 0 Å². The first-order chi connectivity index (χ1) is 21.3. The minimum atomic E-state index is -2.24. The summed E-state index contributed by atoms with van der Waals surface area (Å²) >= 11 is 0. The molecule has 4 aliphatic heterocycles. The van der Waals surface area contributed by atoms with Crippen LogP contribution in [0.25, 0.3) is 0 Å². The zero-order valence-electron chi connectivity index (χ0n) is 26.6. The highest BCUT2D eigenvalue weighted by Gasteiger charge is 2.57. The highest BCUT2D eigenvalue weighted by molar-refractivity contribution is 5.83. The number of esters is 3. The molecule has 254 valence electrons. The molecular weight excluding hydrogens is 592 g/mol. The molecule has 0 radical (unpaired) electrons. The Kier molecular flexibility index (Phi) is 12.2. The lowest BCUT2D eigenvalue weighted by Crippen LogP contribution is -2.62. The maximum atomic E-state index is 12.8. The predicted molar refractivity (Wildman–Crippen MR) is 156 cm³/mol. The van der Waals surface area contributed by atoms with Crippen LogP contribution in [-0.4, -0.2) is 108 Å². The van der Waals surface area contributed by atoms with E-state index in [0.29, 0.717) is 19.4 Å². The van der Waals surface area contributed by atoms with Crippen LogP contribution in [0.4, 0.5) is 0 Å². The number of fused-ring (bicyclic) bond motifs is 6. The summed E-state index contributed by atoms with van der Waals surface area (Å²) in [4.78, 5) is 37.4. The molecule has 0 aromatic rings. The van der Waals surface area contributed by atoms with Gasteiger partial charge in [-0.05, 0) is 50.2 Å². The fourth-order valence-corrected chi connectivity index (χ4v) is 6.48. The average Bonchev–Trinajstić information content (AvgIpc) is 2.97. The highest BCUT2D eigenvalue weighted by atomic mass is 16.7.